The number of benzene rings is 1. The number of unbranched alkanes of at least 4 members (excludes halogenated alkanes) is 2. The maximum Gasteiger partial charge on any atom is 0.191 e. The van der Waals surface area contributed by atoms with Gasteiger partial charge < -0.3 is 20.1 Å². The van der Waals surface area contributed by atoms with Crippen LogP contribution in [0.3, 0.4) is 0 Å². The van der Waals surface area contributed by atoms with Crippen LogP contribution in [-0.2, 0) is 4.74 Å². The predicted octanol–water partition coefficient (Wildman–Crippen LogP) is 2.74. The fourth-order valence-electron chi connectivity index (χ4n) is 2.16. The zero-order chi connectivity index (χ0) is 16.9. The van der Waals surface area contributed by atoms with E-state index in [1.54, 1.807) is 14.2 Å². The summed E-state index contributed by atoms with van der Waals surface area (Å²) in [5.74, 6) is 1.75. The number of hydrogen-bond donors (Lipinski definition) is 2. The number of hydrogen-bond acceptors (Lipinski definition) is 3. The maximum atomic E-state index is 5.95. The highest BCUT2D eigenvalue weighted by Crippen LogP contribution is 2.17. The summed E-state index contributed by atoms with van der Waals surface area (Å²) >= 11 is 0. The van der Waals surface area contributed by atoms with Gasteiger partial charge in [0.2, 0.25) is 0 Å². The molecule has 5 nitrogen and oxygen atoms in total. The van der Waals surface area contributed by atoms with E-state index in [-0.39, 0.29) is 6.10 Å². The van der Waals surface area contributed by atoms with Crippen LogP contribution in [0.15, 0.2) is 29.3 Å². The Hall–Kier alpha value is -1.75. The number of nitrogens with one attached hydrogen (secondary N) is 2. The molecule has 0 fully saturated rings. The highest BCUT2D eigenvalue weighted by atomic mass is 16.5. The molecule has 0 saturated heterocycles. The highest BCUT2D eigenvalue weighted by molar-refractivity contribution is 5.79. The fourth-order valence-corrected chi connectivity index (χ4v) is 2.16. The number of aliphatic imine (C=N–C) groups is 1. The van der Waals surface area contributed by atoms with Crippen LogP contribution in [0.25, 0.3) is 0 Å². The zero-order valence-corrected chi connectivity index (χ0v) is 14.9. The first-order chi connectivity index (χ1) is 11.2. The van der Waals surface area contributed by atoms with Crippen LogP contribution in [0.4, 0.5) is 0 Å². The number of nitrogens with zero attached hydrogens (tertiary/aromatic N) is 1. The molecule has 23 heavy (non-hydrogen) atoms. The first-order valence-electron chi connectivity index (χ1n) is 8.33. The molecule has 0 spiro atoms. The SMILES string of the molecule is CN=C(NCCCCCOC)NCC(C)Oc1ccccc1C. The molecule has 1 aromatic rings. The van der Waals surface area contributed by atoms with Gasteiger partial charge in [0, 0.05) is 27.3 Å². The lowest BCUT2D eigenvalue weighted by molar-refractivity contribution is 0.192. The van der Waals surface area contributed by atoms with Gasteiger partial charge >= 0.3 is 0 Å². The summed E-state index contributed by atoms with van der Waals surface area (Å²) in [6.45, 7) is 6.56. The molecule has 1 atom stereocenters. The van der Waals surface area contributed by atoms with E-state index in [9.17, 15) is 0 Å². The molecule has 0 aliphatic heterocycles. The number of guanidine groups is 1. The molecule has 0 aliphatic carbocycles. The van der Waals surface area contributed by atoms with Gasteiger partial charge in [0.1, 0.15) is 11.9 Å². The van der Waals surface area contributed by atoms with Gasteiger partial charge in [-0.1, -0.05) is 18.2 Å². The maximum absolute atomic E-state index is 5.95. The second-order valence-electron chi connectivity index (χ2n) is 5.63. The average Bonchev–Trinajstić information content (AvgIpc) is 2.55. The topological polar surface area (TPSA) is 54.9 Å². The molecule has 0 heterocycles. The molecular weight excluding hydrogens is 290 g/mol. The monoisotopic (exact) mass is 321 g/mol. The van der Waals surface area contributed by atoms with Gasteiger partial charge in [-0.05, 0) is 44.7 Å². The van der Waals surface area contributed by atoms with E-state index >= 15 is 0 Å². The molecule has 1 aromatic carbocycles. The van der Waals surface area contributed by atoms with E-state index < -0.39 is 0 Å². The molecule has 5 heteroatoms. The van der Waals surface area contributed by atoms with Crippen molar-refractivity contribution in [1.29, 1.82) is 0 Å². The van der Waals surface area contributed by atoms with Gasteiger partial charge in [0.15, 0.2) is 5.96 Å². The molecule has 0 amide bonds. The molecule has 0 aliphatic rings. The molecular formula is C18H31N3O2. The molecule has 0 bridgehead atoms. The van der Waals surface area contributed by atoms with Crippen molar-refractivity contribution < 1.29 is 9.47 Å². The van der Waals surface area contributed by atoms with E-state index in [4.69, 9.17) is 9.47 Å². The molecule has 0 saturated carbocycles. The summed E-state index contributed by atoms with van der Waals surface area (Å²) in [6.07, 6.45) is 3.44. The molecule has 0 aromatic heterocycles. The quantitative estimate of drug-likeness (QED) is 0.395. The van der Waals surface area contributed by atoms with Crippen molar-refractivity contribution in [2.24, 2.45) is 4.99 Å². The van der Waals surface area contributed by atoms with E-state index in [1.165, 1.54) is 0 Å². The van der Waals surface area contributed by atoms with Crippen molar-refractivity contribution in [2.45, 2.75) is 39.2 Å². The summed E-state index contributed by atoms with van der Waals surface area (Å²) in [4.78, 5) is 4.23. The summed E-state index contributed by atoms with van der Waals surface area (Å²) in [7, 11) is 3.53. The molecule has 0 radical (unpaired) electrons. The van der Waals surface area contributed by atoms with Gasteiger partial charge in [-0.15, -0.1) is 0 Å². The summed E-state index contributed by atoms with van der Waals surface area (Å²) in [5, 5.41) is 6.62. The van der Waals surface area contributed by atoms with Crippen LogP contribution in [0, 0.1) is 6.92 Å². The standard InChI is InChI=1S/C18H31N3O2/c1-15-10-6-7-11-17(15)23-16(2)14-21-18(19-3)20-12-8-5-9-13-22-4/h6-7,10-11,16H,5,8-9,12-14H2,1-4H3,(H2,19,20,21). The Balaban J connectivity index is 2.22. The third-order valence-corrected chi connectivity index (χ3v) is 3.52. The number of aryl methyl sites for hydroxylation is 1. The fraction of sp³-hybridized carbons (Fsp3) is 0.611. The van der Waals surface area contributed by atoms with Crippen molar-refractivity contribution in [2.75, 3.05) is 33.9 Å². The van der Waals surface area contributed by atoms with Crippen molar-refractivity contribution in [3.8, 4) is 5.75 Å². The van der Waals surface area contributed by atoms with Crippen LogP contribution in [0.2, 0.25) is 0 Å². The molecule has 1 rings (SSSR count). The second kappa shape index (κ2) is 11.8. The lowest BCUT2D eigenvalue weighted by Crippen LogP contribution is -2.42. The number of methoxy groups -OCH3 is 1. The van der Waals surface area contributed by atoms with E-state index in [1.807, 2.05) is 18.2 Å². The first kappa shape index (κ1) is 19.3. The third kappa shape index (κ3) is 8.45. The number of rotatable bonds is 10. The Kier molecular flexibility index (Phi) is 9.87. The summed E-state index contributed by atoms with van der Waals surface area (Å²) in [6, 6.07) is 8.06. The second-order valence-corrected chi connectivity index (χ2v) is 5.63. The normalized spacial score (nSPS) is 12.8. The third-order valence-electron chi connectivity index (χ3n) is 3.52. The number of para-hydroxylation sites is 1. The van der Waals surface area contributed by atoms with Crippen LogP contribution >= 0.6 is 0 Å². The minimum Gasteiger partial charge on any atom is -0.489 e. The van der Waals surface area contributed by atoms with Crippen LogP contribution in [0.5, 0.6) is 5.75 Å². The molecule has 2 N–H and O–H groups in total. The van der Waals surface area contributed by atoms with E-state index in [0.29, 0.717) is 6.54 Å². The Labute approximate surface area is 140 Å². The van der Waals surface area contributed by atoms with Gasteiger partial charge in [-0.2, -0.15) is 0 Å². The largest absolute Gasteiger partial charge is 0.489 e. The van der Waals surface area contributed by atoms with Crippen molar-refractivity contribution in [1.82, 2.24) is 10.6 Å². The van der Waals surface area contributed by atoms with Crippen molar-refractivity contribution >= 4 is 5.96 Å². The minimum absolute atomic E-state index is 0.0661. The lowest BCUT2D eigenvalue weighted by atomic mass is 10.2. The van der Waals surface area contributed by atoms with Crippen molar-refractivity contribution in [3.05, 3.63) is 29.8 Å². The Morgan fingerprint density at radius 3 is 2.65 bits per heavy atom. The minimum atomic E-state index is 0.0661. The van der Waals surface area contributed by atoms with Crippen LogP contribution in [-0.4, -0.2) is 45.9 Å². The van der Waals surface area contributed by atoms with Gasteiger partial charge in [-0.25, -0.2) is 0 Å². The van der Waals surface area contributed by atoms with Gasteiger partial charge in [0.25, 0.3) is 0 Å². The zero-order valence-electron chi connectivity index (χ0n) is 14.9. The lowest BCUT2D eigenvalue weighted by Gasteiger charge is -2.18. The Morgan fingerprint density at radius 1 is 1.17 bits per heavy atom. The van der Waals surface area contributed by atoms with Crippen LogP contribution in [0.1, 0.15) is 31.7 Å². The molecule has 130 valence electrons. The smallest absolute Gasteiger partial charge is 0.191 e. The average molecular weight is 321 g/mol. The molecule has 1 unspecified atom stereocenters. The van der Waals surface area contributed by atoms with E-state index in [0.717, 1.165) is 49.7 Å². The van der Waals surface area contributed by atoms with Crippen molar-refractivity contribution in [3.63, 3.8) is 0 Å². The predicted molar refractivity (Wildman–Crippen MR) is 96.4 cm³/mol. The summed E-state index contributed by atoms with van der Waals surface area (Å²) < 4.78 is 11.0. The first-order valence-corrected chi connectivity index (χ1v) is 8.33. The van der Waals surface area contributed by atoms with Gasteiger partial charge in [-0.3, -0.25) is 4.99 Å². The Morgan fingerprint density at radius 2 is 1.96 bits per heavy atom. The number of ether oxygens (including phenoxy) is 2. The van der Waals surface area contributed by atoms with Crippen LogP contribution < -0.4 is 15.4 Å². The highest BCUT2D eigenvalue weighted by Gasteiger charge is 2.07. The van der Waals surface area contributed by atoms with E-state index in [2.05, 4.69) is 35.5 Å². The Bertz CT molecular complexity index is 463. The van der Waals surface area contributed by atoms with Gasteiger partial charge in [0.05, 0.1) is 6.54 Å². The summed E-state index contributed by atoms with van der Waals surface area (Å²) in [5.41, 5.74) is 1.15.